The Morgan fingerprint density at radius 1 is 0.958 bits per heavy atom. The van der Waals surface area contributed by atoms with Gasteiger partial charge in [-0.05, 0) is 54.3 Å². The van der Waals surface area contributed by atoms with Gasteiger partial charge in [-0.3, -0.25) is 4.79 Å². The van der Waals surface area contributed by atoms with Gasteiger partial charge < -0.3 is 0 Å². The summed E-state index contributed by atoms with van der Waals surface area (Å²) in [5.41, 5.74) is 2.87. The second-order valence-electron chi connectivity index (χ2n) is 5.76. The Hall–Kier alpha value is -2.33. The zero-order chi connectivity index (χ0) is 17.2. The van der Waals surface area contributed by atoms with Crippen LogP contribution in [0.25, 0.3) is 0 Å². The lowest BCUT2D eigenvalue weighted by Gasteiger charge is -2.34. The number of hydrogen-bond acceptors (Lipinski definition) is 3. The number of benzene rings is 2. The molecular weight excluding hydrogens is 364 g/mol. The molecule has 0 saturated carbocycles. The van der Waals surface area contributed by atoms with Gasteiger partial charge in [0.25, 0.3) is 0 Å². The number of aryl methyl sites for hydroxylation is 1. The minimum absolute atomic E-state index is 0.0483. The number of carbonyl (C=O) groups is 1. The van der Waals surface area contributed by atoms with Gasteiger partial charge in [0.05, 0.1) is 6.20 Å². The summed E-state index contributed by atoms with van der Waals surface area (Å²) in [5, 5.41) is 7.89. The number of carbonyl (C=O) groups excluding carboxylic acids is 1. The fourth-order valence-corrected chi connectivity index (χ4v) is 3.54. The molecular formula is C20H17BrN2O. The van der Waals surface area contributed by atoms with Gasteiger partial charge in [0.2, 0.25) is 0 Å². The molecule has 2 aromatic carbocycles. The summed E-state index contributed by atoms with van der Waals surface area (Å²) in [6.45, 7) is 3.66. The maximum Gasteiger partial charge on any atom is 0.149 e. The van der Waals surface area contributed by atoms with Crippen LogP contribution < -0.4 is 0 Å². The number of nitrogens with zero attached hydrogens (tertiary/aromatic N) is 2. The van der Waals surface area contributed by atoms with Gasteiger partial charge in [0.15, 0.2) is 0 Å². The smallest absolute Gasteiger partial charge is 0.149 e. The van der Waals surface area contributed by atoms with E-state index in [0.717, 1.165) is 26.7 Å². The fourth-order valence-electron chi connectivity index (χ4n) is 3.28. The van der Waals surface area contributed by atoms with Gasteiger partial charge in [0.1, 0.15) is 11.2 Å². The molecule has 3 nitrogen and oxygen atoms in total. The summed E-state index contributed by atoms with van der Waals surface area (Å²) < 4.78 is 0.973. The second kappa shape index (κ2) is 6.65. The maximum absolute atomic E-state index is 13.0. The van der Waals surface area contributed by atoms with Crippen LogP contribution in [-0.4, -0.2) is 16.0 Å². The predicted octanol–water partition coefficient (Wildman–Crippen LogP) is 4.47. The zero-order valence-corrected chi connectivity index (χ0v) is 15.1. The van der Waals surface area contributed by atoms with Crippen LogP contribution in [0.3, 0.4) is 0 Å². The summed E-state index contributed by atoms with van der Waals surface area (Å²) in [7, 11) is 0. The summed E-state index contributed by atoms with van der Waals surface area (Å²) in [6, 6.07) is 17.7. The van der Waals surface area contributed by atoms with E-state index < -0.39 is 5.41 Å². The molecule has 1 aromatic heterocycles. The van der Waals surface area contributed by atoms with E-state index >= 15 is 0 Å². The van der Waals surface area contributed by atoms with E-state index in [1.165, 1.54) is 0 Å². The molecule has 0 aliphatic carbocycles. The minimum atomic E-state index is -0.901. The van der Waals surface area contributed by atoms with Crippen molar-refractivity contribution in [2.45, 2.75) is 19.3 Å². The maximum atomic E-state index is 13.0. The molecule has 0 amide bonds. The third-order valence-electron chi connectivity index (χ3n) is 4.37. The molecule has 0 spiro atoms. The van der Waals surface area contributed by atoms with Gasteiger partial charge in [-0.1, -0.05) is 52.3 Å². The molecule has 0 bridgehead atoms. The van der Waals surface area contributed by atoms with Crippen molar-refractivity contribution in [3.63, 3.8) is 0 Å². The van der Waals surface area contributed by atoms with Crippen LogP contribution in [0, 0.1) is 6.92 Å². The van der Waals surface area contributed by atoms with Crippen LogP contribution in [0.5, 0.6) is 0 Å². The SMILES string of the molecule is CC(=O)C(c1ccc(Br)cc1)(c1ccnnc1)c1ccccc1C. The first-order valence-electron chi connectivity index (χ1n) is 7.67. The molecule has 1 unspecified atom stereocenters. The number of halogens is 1. The Labute approximate surface area is 149 Å². The summed E-state index contributed by atoms with van der Waals surface area (Å²) in [5.74, 6) is 0.0483. The molecule has 120 valence electrons. The molecule has 0 aliphatic heterocycles. The Morgan fingerprint density at radius 2 is 1.67 bits per heavy atom. The Bertz CT molecular complexity index is 862. The zero-order valence-electron chi connectivity index (χ0n) is 13.5. The largest absolute Gasteiger partial charge is 0.298 e. The van der Waals surface area contributed by atoms with Gasteiger partial charge in [-0.25, -0.2) is 0 Å². The average Bonchev–Trinajstić information content (AvgIpc) is 2.59. The molecule has 0 N–H and O–H groups in total. The van der Waals surface area contributed by atoms with E-state index in [0.29, 0.717) is 0 Å². The predicted molar refractivity (Wildman–Crippen MR) is 97.9 cm³/mol. The molecule has 24 heavy (non-hydrogen) atoms. The fraction of sp³-hybridized carbons (Fsp3) is 0.150. The van der Waals surface area contributed by atoms with Crippen LogP contribution in [0.4, 0.5) is 0 Å². The third kappa shape index (κ3) is 2.67. The summed E-state index contributed by atoms with van der Waals surface area (Å²) in [4.78, 5) is 13.0. The van der Waals surface area contributed by atoms with Gasteiger partial charge >= 0.3 is 0 Å². The van der Waals surface area contributed by atoms with E-state index in [2.05, 4.69) is 26.1 Å². The average molecular weight is 381 g/mol. The van der Waals surface area contributed by atoms with Gasteiger partial charge in [-0.2, -0.15) is 10.2 Å². The van der Waals surface area contributed by atoms with E-state index in [9.17, 15) is 4.79 Å². The van der Waals surface area contributed by atoms with Crippen LogP contribution in [0.15, 0.2) is 71.5 Å². The number of aromatic nitrogens is 2. The summed E-state index contributed by atoms with van der Waals surface area (Å²) in [6.07, 6.45) is 3.31. The van der Waals surface area contributed by atoms with Crippen molar-refractivity contribution in [2.75, 3.05) is 0 Å². The highest BCUT2D eigenvalue weighted by atomic mass is 79.9. The van der Waals surface area contributed by atoms with E-state index in [1.54, 1.807) is 19.3 Å². The minimum Gasteiger partial charge on any atom is -0.298 e. The molecule has 0 saturated heterocycles. The second-order valence-corrected chi connectivity index (χ2v) is 6.67. The number of rotatable bonds is 4. The van der Waals surface area contributed by atoms with E-state index in [1.807, 2.05) is 61.5 Å². The van der Waals surface area contributed by atoms with Gasteiger partial charge in [-0.15, -0.1) is 0 Å². The molecule has 4 heteroatoms. The Morgan fingerprint density at radius 3 is 2.25 bits per heavy atom. The third-order valence-corrected chi connectivity index (χ3v) is 4.90. The first-order valence-corrected chi connectivity index (χ1v) is 8.46. The number of hydrogen-bond donors (Lipinski definition) is 0. The Balaban J connectivity index is 2.41. The number of Topliss-reactive ketones (excluding diaryl/α,β-unsaturated/α-hetero) is 1. The van der Waals surface area contributed by atoms with Crippen molar-refractivity contribution in [3.05, 3.63) is 93.7 Å². The molecule has 1 heterocycles. The molecule has 0 aliphatic rings. The van der Waals surface area contributed by atoms with Crippen molar-refractivity contribution in [1.82, 2.24) is 10.2 Å². The van der Waals surface area contributed by atoms with Crippen molar-refractivity contribution < 1.29 is 4.79 Å². The first-order chi connectivity index (χ1) is 11.6. The molecule has 3 rings (SSSR count). The molecule has 0 radical (unpaired) electrons. The highest BCUT2D eigenvalue weighted by Gasteiger charge is 2.42. The molecule has 1 atom stereocenters. The van der Waals surface area contributed by atoms with Crippen LogP contribution in [0.1, 0.15) is 29.2 Å². The quantitative estimate of drug-likeness (QED) is 0.670. The normalized spacial score (nSPS) is 13.3. The lowest BCUT2D eigenvalue weighted by molar-refractivity contribution is -0.119. The standard InChI is InChI=1S/C20H17BrN2O/c1-14-5-3-4-6-19(14)20(15(2)24,17-11-12-22-23-13-17)16-7-9-18(21)10-8-16/h3-13H,1-2H3. The first kappa shape index (κ1) is 16.5. The molecule has 0 fully saturated rings. The van der Waals surface area contributed by atoms with Crippen LogP contribution >= 0.6 is 15.9 Å². The highest BCUT2D eigenvalue weighted by molar-refractivity contribution is 9.10. The van der Waals surface area contributed by atoms with Crippen LogP contribution in [0.2, 0.25) is 0 Å². The van der Waals surface area contributed by atoms with Crippen molar-refractivity contribution >= 4 is 21.7 Å². The van der Waals surface area contributed by atoms with Crippen molar-refractivity contribution in [3.8, 4) is 0 Å². The van der Waals surface area contributed by atoms with E-state index in [-0.39, 0.29) is 5.78 Å². The van der Waals surface area contributed by atoms with E-state index in [4.69, 9.17) is 0 Å². The van der Waals surface area contributed by atoms with Crippen molar-refractivity contribution in [1.29, 1.82) is 0 Å². The monoisotopic (exact) mass is 380 g/mol. The van der Waals surface area contributed by atoms with Crippen molar-refractivity contribution in [2.24, 2.45) is 0 Å². The van der Waals surface area contributed by atoms with Gasteiger partial charge in [0, 0.05) is 10.7 Å². The highest BCUT2D eigenvalue weighted by Crippen LogP contribution is 2.41. The molecule has 3 aromatic rings. The number of ketones is 1. The summed E-state index contributed by atoms with van der Waals surface area (Å²) >= 11 is 3.47. The van der Waals surface area contributed by atoms with Crippen LogP contribution in [-0.2, 0) is 10.2 Å². The Kier molecular flexibility index (Phi) is 4.58. The topological polar surface area (TPSA) is 42.9 Å². The lowest BCUT2D eigenvalue weighted by Crippen LogP contribution is -2.37. The lowest BCUT2D eigenvalue weighted by atomic mass is 9.66.